The van der Waals surface area contributed by atoms with Gasteiger partial charge in [-0.2, -0.15) is 0 Å². The van der Waals surface area contributed by atoms with Crippen LogP contribution in [0.1, 0.15) is 51.0 Å². The van der Waals surface area contributed by atoms with E-state index < -0.39 is 0 Å². The number of nitrogens with one attached hydrogen (secondary N) is 1. The van der Waals surface area contributed by atoms with Gasteiger partial charge >= 0.3 is 5.97 Å². The lowest BCUT2D eigenvalue weighted by atomic mass is 9.76. The molecule has 5 nitrogen and oxygen atoms in total. The Kier molecular flexibility index (Phi) is 7.00. The van der Waals surface area contributed by atoms with E-state index in [2.05, 4.69) is 45.5 Å². The number of esters is 1. The average Bonchev–Trinajstić information content (AvgIpc) is 3.38. The number of methoxy groups -OCH3 is 2. The molecule has 3 atom stereocenters. The van der Waals surface area contributed by atoms with Crippen molar-refractivity contribution in [2.24, 2.45) is 5.92 Å². The highest BCUT2D eigenvalue weighted by Gasteiger charge is 2.39. The Balaban J connectivity index is 1.48. The van der Waals surface area contributed by atoms with Crippen molar-refractivity contribution in [2.45, 2.75) is 31.9 Å². The van der Waals surface area contributed by atoms with Crippen LogP contribution in [-0.4, -0.2) is 20.2 Å². The summed E-state index contributed by atoms with van der Waals surface area (Å²) in [4.78, 5) is 12.3. The Morgan fingerprint density at radius 3 is 2.64 bits per heavy atom. The number of ether oxygens (including phenoxy) is 3. The third-order valence-corrected chi connectivity index (χ3v) is 7.95. The fourth-order valence-corrected chi connectivity index (χ4v) is 5.97. The van der Waals surface area contributed by atoms with Crippen LogP contribution in [0.3, 0.4) is 0 Å². The zero-order valence-electron chi connectivity index (χ0n) is 20.3. The molecule has 1 heterocycles. The molecule has 0 unspecified atom stereocenters. The van der Waals surface area contributed by atoms with E-state index in [1.165, 1.54) is 12.7 Å². The molecule has 1 aliphatic heterocycles. The normalized spacial score (nSPS) is 19.8. The molecule has 186 valence electrons. The molecule has 5 rings (SSSR count). The molecule has 0 amide bonds. The van der Waals surface area contributed by atoms with Crippen molar-refractivity contribution in [2.75, 3.05) is 19.5 Å². The topological polar surface area (TPSA) is 56.8 Å². The zero-order valence-corrected chi connectivity index (χ0v) is 22.7. The van der Waals surface area contributed by atoms with Gasteiger partial charge in [-0.25, -0.2) is 4.79 Å². The molecule has 0 radical (unpaired) electrons. The lowest BCUT2D eigenvalue weighted by molar-refractivity contribution is 0.0600. The SMILES string of the molecule is COC(=O)c1ccc2c(c1C)N[C@H](c1cc(Br)c(OCc3ccc(Cl)cc3)c(OC)c1)[C@H]1CC=C[C@H]21. The second-order valence-corrected chi connectivity index (χ2v) is 10.4. The van der Waals surface area contributed by atoms with Crippen LogP contribution in [0.25, 0.3) is 0 Å². The number of carbonyl (C=O) groups is 1. The van der Waals surface area contributed by atoms with Crippen molar-refractivity contribution in [3.05, 3.63) is 98.0 Å². The second-order valence-electron chi connectivity index (χ2n) is 9.12. The van der Waals surface area contributed by atoms with Gasteiger partial charge < -0.3 is 19.5 Å². The van der Waals surface area contributed by atoms with Gasteiger partial charge in [0.15, 0.2) is 11.5 Å². The van der Waals surface area contributed by atoms with Gasteiger partial charge in [0.1, 0.15) is 6.61 Å². The maximum Gasteiger partial charge on any atom is 0.338 e. The molecule has 0 spiro atoms. The molecule has 0 bridgehead atoms. The first-order valence-electron chi connectivity index (χ1n) is 11.8. The predicted octanol–water partition coefficient (Wildman–Crippen LogP) is 7.61. The number of halogens is 2. The molecule has 0 aromatic heterocycles. The smallest absolute Gasteiger partial charge is 0.338 e. The molecule has 0 fully saturated rings. The molecule has 0 saturated heterocycles. The molecule has 2 aliphatic rings. The number of allylic oxidation sites excluding steroid dienone is 2. The molecule has 7 heteroatoms. The largest absolute Gasteiger partial charge is 0.493 e. The van der Waals surface area contributed by atoms with Crippen molar-refractivity contribution in [1.29, 1.82) is 0 Å². The third-order valence-electron chi connectivity index (χ3n) is 7.11. The van der Waals surface area contributed by atoms with E-state index in [1.54, 1.807) is 7.11 Å². The molecule has 0 saturated carbocycles. The molecule has 3 aromatic rings. The minimum absolute atomic E-state index is 0.0274. The number of rotatable bonds is 6. The summed E-state index contributed by atoms with van der Waals surface area (Å²) in [6.45, 7) is 2.36. The number of benzene rings is 3. The second kappa shape index (κ2) is 10.2. The standard InChI is InChI=1S/C29H27BrClNO4/c1-16-20(29(33)35-3)11-12-23-21-5-4-6-22(21)27(32-26(16)23)18-13-24(30)28(25(14-18)34-2)36-15-17-7-9-19(31)10-8-17/h4-5,7-14,21-22,27,32H,6,15H2,1-3H3/t21-,22-,27+/m0/s1. The summed E-state index contributed by atoms with van der Waals surface area (Å²) in [6.07, 6.45) is 5.50. The Morgan fingerprint density at radius 2 is 1.92 bits per heavy atom. The van der Waals surface area contributed by atoms with Crippen molar-refractivity contribution in [3.8, 4) is 11.5 Å². The highest BCUT2D eigenvalue weighted by atomic mass is 79.9. The summed E-state index contributed by atoms with van der Waals surface area (Å²) < 4.78 is 17.7. The monoisotopic (exact) mass is 567 g/mol. The molecule has 1 N–H and O–H groups in total. The Bertz CT molecular complexity index is 1340. The summed E-state index contributed by atoms with van der Waals surface area (Å²) in [5.41, 5.74) is 5.78. The van der Waals surface area contributed by atoms with Crippen molar-refractivity contribution in [1.82, 2.24) is 0 Å². The minimum atomic E-state index is -0.329. The summed E-state index contributed by atoms with van der Waals surface area (Å²) in [5, 5.41) is 4.45. The van der Waals surface area contributed by atoms with Crippen LogP contribution in [0.4, 0.5) is 5.69 Å². The van der Waals surface area contributed by atoms with Gasteiger partial charge in [-0.15, -0.1) is 0 Å². The van der Waals surface area contributed by atoms with Crippen LogP contribution in [0.2, 0.25) is 5.02 Å². The average molecular weight is 569 g/mol. The van der Waals surface area contributed by atoms with Gasteiger partial charge in [0.2, 0.25) is 0 Å². The number of fused-ring (bicyclic) bond motifs is 3. The van der Waals surface area contributed by atoms with E-state index in [4.69, 9.17) is 25.8 Å². The molecule has 1 aliphatic carbocycles. The maximum absolute atomic E-state index is 12.3. The van der Waals surface area contributed by atoms with E-state index in [1.807, 2.05) is 43.3 Å². The van der Waals surface area contributed by atoms with Gasteiger partial charge in [-0.05, 0) is 87.8 Å². The number of hydrogen-bond donors (Lipinski definition) is 1. The van der Waals surface area contributed by atoms with Gasteiger partial charge in [0.25, 0.3) is 0 Å². The fraction of sp³-hybridized carbons (Fsp3) is 0.276. The highest BCUT2D eigenvalue weighted by Crippen LogP contribution is 2.52. The first-order chi connectivity index (χ1) is 17.4. The van der Waals surface area contributed by atoms with Crippen molar-refractivity contribution in [3.63, 3.8) is 0 Å². The highest BCUT2D eigenvalue weighted by molar-refractivity contribution is 9.10. The lowest BCUT2D eigenvalue weighted by Crippen LogP contribution is -2.30. The van der Waals surface area contributed by atoms with Crippen LogP contribution in [0, 0.1) is 12.8 Å². The first kappa shape index (κ1) is 24.7. The summed E-state index contributed by atoms with van der Waals surface area (Å²) >= 11 is 9.72. The van der Waals surface area contributed by atoms with E-state index >= 15 is 0 Å². The molecule has 36 heavy (non-hydrogen) atoms. The van der Waals surface area contributed by atoms with Crippen LogP contribution < -0.4 is 14.8 Å². The number of anilines is 1. The van der Waals surface area contributed by atoms with Gasteiger partial charge in [-0.1, -0.05) is 42.0 Å². The van der Waals surface area contributed by atoms with Crippen LogP contribution in [0.5, 0.6) is 11.5 Å². The fourth-order valence-electron chi connectivity index (χ4n) is 5.27. The zero-order chi connectivity index (χ0) is 25.4. The van der Waals surface area contributed by atoms with Crippen molar-refractivity contribution >= 4 is 39.2 Å². The van der Waals surface area contributed by atoms with Gasteiger partial charge in [0.05, 0.1) is 30.3 Å². The third kappa shape index (κ3) is 4.48. The Hall–Kier alpha value is -2.96. The first-order valence-corrected chi connectivity index (χ1v) is 13.0. The van der Waals surface area contributed by atoms with E-state index in [-0.39, 0.29) is 17.9 Å². The maximum atomic E-state index is 12.3. The molecular weight excluding hydrogens is 542 g/mol. The number of hydrogen-bond acceptors (Lipinski definition) is 5. The minimum Gasteiger partial charge on any atom is -0.493 e. The summed E-state index contributed by atoms with van der Waals surface area (Å²) in [5.74, 6) is 1.59. The van der Waals surface area contributed by atoms with E-state index in [0.29, 0.717) is 34.6 Å². The van der Waals surface area contributed by atoms with E-state index in [9.17, 15) is 4.79 Å². The quantitative estimate of drug-likeness (QED) is 0.245. The summed E-state index contributed by atoms with van der Waals surface area (Å²) in [6, 6.07) is 15.7. The molecule has 3 aromatic carbocycles. The molecular formula is C29H27BrClNO4. The Morgan fingerprint density at radius 1 is 1.14 bits per heavy atom. The van der Waals surface area contributed by atoms with E-state index in [0.717, 1.165) is 33.3 Å². The lowest BCUT2D eigenvalue weighted by Gasteiger charge is -2.39. The van der Waals surface area contributed by atoms with Crippen molar-refractivity contribution < 1.29 is 19.0 Å². The van der Waals surface area contributed by atoms with Crippen LogP contribution in [-0.2, 0) is 11.3 Å². The Labute approximate surface area is 224 Å². The van der Waals surface area contributed by atoms with Gasteiger partial charge in [-0.3, -0.25) is 0 Å². The van der Waals surface area contributed by atoms with Gasteiger partial charge in [0, 0.05) is 16.6 Å². The predicted molar refractivity (Wildman–Crippen MR) is 145 cm³/mol. The van der Waals surface area contributed by atoms with Crippen LogP contribution >= 0.6 is 27.5 Å². The van der Waals surface area contributed by atoms with Crippen LogP contribution in [0.15, 0.2) is 65.2 Å². The summed E-state index contributed by atoms with van der Waals surface area (Å²) in [7, 11) is 3.06. The number of carbonyl (C=O) groups excluding carboxylic acids is 1.